The van der Waals surface area contributed by atoms with Crippen molar-refractivity contribution >= 4 is 23.5 Å². The summed E-state index contributed by atoms with van der Waals surface area (Å²) < 4.78 is 25.1. The molecule has 2 aliphatic heterocycles. The van der Waals surface area contributed by atoms with Gasteiger partial charge in [-0.1, -0.05) is 36.4 Å². The van der Waals surface area contributed by atoms with E-state index < -0.39 is 18.3 Å². The van der Waals surface area contributed by atoms with Crippen LogP contribution in [-0.2, 0) is 14.2 Å². The van der Waals surface area contributed by atoms with Crippen molar-refractivity contribution in [1.82, 2.24) is 20.2 Å². The summed E-state index contributed by atoms with van der Waals surface area (Å²) in [6, 6.07) is 26.2. The molecule has 0 unspecified atom stereocenters. The number of rotatable bonds is 7. The van der Waals surface area contributed by atoms with Crippen molar-refractivity contribution in [3.05, 3.63) is 84.9 Å². The number of ether oxygens (including phenoxy) is 4. The minimum atomic E-state index is -0.583. The molecular weight excluding hydrogens is 494 g/mol. The molecule has 0 spiro atoms. The molecule has 1 N–H and O–H groups in total. The smallest absolute Gasteiger partial charge is 0.412 e. The highest BCUT2D eigenvalue weighted by molar-refractivity contribution is 7.99. The Labute approximate surface area is 216 Å². The Kier molecular flexibility index (Phi) is 6.72. The van der Waals surface area contributed by atoms with Gasteiger partial charge in [-0.05, 0) is 70.7 Å². The molecule has 2 fully saturated rings. The third-order valence-corrected chi connectivity index (χ3v) is 7.01. The van der Waals surface area contributed by atoms with Gasteiger partial charge in [0, 0.05) is 10.6 Å². The highest BCUT2D eigenvalue weighted by atomic mass is 32.2. The van der Waals surface area contributed by atoms with Crippen LogP contribution in [0.5, 0.6) is 11.5 Å². The summed E-state index contributed by atoms with van der Waals surface area (Å²) in [7, 11) is 0. The van der Waals surface area contributed by atoms with E-state index in [9.17, 15) is 4.79 Å². The summed E-state index contributed by atoms with van der Waals surface area (Å²) in [4.78, 5) is 13.6. The first-order chi connectivity index (χ1) is 18.2. The first kappa shape index (κ1) is 23.5. The van der Waals surface area contributed by atoms with Crippen LogP contribution in [0.25, 0.3) is 0 Å². The molecule has 2 saturated heterocycles. The number of carbonyl (C=O) groups excluding carboxylic acids is 1. The van der Waals surface area contributed by atoms with Gasteiger partial charge in [0.1, 0.15) is 29.7 Å². The lowest BCUT2D eigenvalue weighted by Gasteiger charge is -2.17. The van der Waals surface area contributed by atoms with E-state index in [1.165, 1.54) is 11.8 Å². The number of hydrogen-bond donors (Lipinski definition) is 1. The Hall–Kier alpha value is -3.93. The lowest BCUT2D eigenvalue weighted by molar-refractivity contribution is 0.00751. The van der Waals surface area contributed by atoms with Gasteiger partial charge in [-0.25, -0.2) is 9.48 Å². The summed E-state index contributed by atoms with van der Waals surface area (Å²) in [6.07, 6.45) is -1.86. The zero-order chi connectivity index (χ0) is 25.0. The van der Waals surface area contributed by atoms with Crippen LogP contribution < -0.4 is 10.1 Å². The van der Waals surface area contributed by atoms with Crippen LogP contribution in [-0.4, -0.2) is 57.8 Å². The summed E-state index contributed by atoms with van der Waals surface area (Å²) in [5.74, 6) is 1.40. The van der Waals surface area contributed by atoms with Crippen LogP contribution in [0, 0.1) is 0 Å². The number of benzene rings is 3. The number of anilines is 1. The fraction of sp³-hybridized carbons (Fsp3) is 0.231. The topological polar surface area (TPSA) is 110 Å². The molecule has 4 aromatic rings. The molecule has 6 rings (SSSR count). The lowest BCUT2D eigenvalue weighted by Crippen LogP contribution is -2.35. The van der Waals surface area contributed by atoms with E-state index in [0.29, 0.717) is 23.2 Å². The van der Waals surface area contributed by atoms with E-state index in [-0.39, 0.29) is 18.8 Å². The number of aromatic nitrogens is 4. The van der Waals surface area contributed by atoms with Crippen molar-refractivity contribution in [1.29, 1.82) is 0 Å². The van der Waals surface area contributed by atoms with Gasteiger partial charge in [-0.15, -0.1) is 5.10 Å². The normalized spacial score (nSPS) is 22.4. The lowest BCUT2D eigenvalue weighted by atomic mass is 10.1. The molecule has 3 aromatic carbocycles. The fourth-order valence-corrected chi connectivity index (χ4v) is 5.17. The Morgan fingerprint density at radius 1 is 0.892 bits per heavy atom. The number of nitrogens with zero attached hydrogens (tertiary/aromatic N) is 4. The molecule has 4 atom stereocenters. The molecule has 0 aliphatic carbocycles. The maximum absolute atomic E-state index is 12.6. The van der Waals surface area contributed by atoms with Crippen molar-refractivity contribution in [2.45, 2.75) is 34.4 Å². The van der Waals surface area contributed by atoms with E-state index in [2.05, 4.69) is 20.8 Å². The Balaban J connectivity index is 1.04. The molecule has 11 heteroatoms. The fourth-order valence-electron chi connectivity index (χ4n) is 4.33. The molecule has 37 heavy (non-hydrogen) atoms. The van der Waals surface area contributed by atoms with Crippen LogP contribution in [0.3, 0.4) is 0 Å². The summed E-state index contributed by atoms with van der Waals surface area (Å²) in [5, 5.41) is 15.6. The first-order valence-corrected chi connectivity index (χ1v) is 12.6. The van der Waals surface area contributed by atoms with Gasteiger partial charge in [0.25, 0.3) is 0 Å². The zero-order valence-electron chi connectivity index (χ0n) is 19.5. The minimum Gasteiger partial charge on any atom is -0.457 e. The largest absolute Gasteiger partial charge is 0.457 e. The number of tetrazole rings is 1. The van der Waals surface area contributed by atoms with Crippen molar-refractivity contribution < 1.29 is 23.7 Å². The highest BCUT2D eigenvalue weighted by Crippen LogP contribution is 2.37. The Morgan fingerprint density at radius 2 is 1.59 bits per heavy atom. The van der Waals surface area contributed by atoms with Crippen LogP contribution in [0.4, 0.5) is 10.5 Å². The molecule has 1 amide bonds. The van der Waals surface area contributed by atoms with E-state index in [0.717, 1.165) is 10.6 Å². The van der Waals surface area contributed by atoms with Crippen LogP contribution >= 0.6 is 11.8 Å². The highest BCUT2D eigenvalue weighted by Gasteiger charge is 2.51. The van der Waals surface area contributed by atoms with Crippen molar-refractivity contribution in [2.75, 3.05) is 18.5 Å². The monoisotopic (exact) mass is 517 g/mol. The SMILES string of the molecule is O=C(Nc1ccc(Oc2ccccc2)cc1)O[C@@H]1CO[C@H]2[C@@H]1OC[C@@H]2n1nnnc1Sc1ccccc1. The second-order valence-electron chi connectivity index (χ2n) is 8.49. The van der Waals surface area contributed by atoms with Gasteiger partial charge in [-0.3, -0.25) is 5.32 Å². The van der Waals surface area contributed by atoms with Gasteiger partial charge in [-0.2, -0.15) is 0 Å². The second-order valence-corrected chi connectivity index (χ2v) is 9.53. The second kappa shape index (κ2) is 10.6. The molecule has 0 radical (unpaired) electrons. The van der Waals surface area contributed by atoms with Crippen molar-refractivity contribution in [2.24, 2.45) is 0 Å². The van der Waals surface area contributed by atoms with Gasteiger partial charge in [0.2, 0.25) is 5.16 Å². The molecule has 3 heterocycles. The Morgan fingerprint density at radius 3 is 2.38 bits per heavy atom. The molecular formula is C26H23N5O5S. The molecule has 1 aromatic heterocycles. The number of carbonyl (C=O) groups is 1. The standard InChI is InChI=1S/C26H23N5O5S/c32-26(27-17-11-13-19(14-12-17)35-18-7-3-1-4-8-18)36-22-16-34-23-21(15-33-24(22)23)31-25(28-29-30-31)37-20-9-5-2-6-10-20/h1-14,21-24H,15-16H2,(H,27,32)/t21-,22+,23+,24+/m0/s1. The van der Waals surface area contributed by atoms with Gasteiger partial charge >= 0.3 is 6.09 Å². The predicted molar refractivity (Wildman–Crippen MR) is 134 cm³/mol. The van der Waals surface area contributed by atoms with E-state index in [1.807, 2.05) is 60.7 Å². The molecule has 10 nitrogen and oxygen atoms in total. The van der Waals surface area contributed by atoms with Crippen LogP contribution in [0.2, 0.25) is 0 Å². The average Bonchev–Trinajstić information content (AvgIpc) is 3.64. The third kappa shape index (κ3) is 5.29. The third-order valence-electron chi connectivity index (χ3n) is 6.05. The molecule has 2 aliphatic rings. The number of para-hydroxylation sites is 1. The summed E-state index contributed by atoms with van der Waals surface area (Å²) in [5.41, 5.74) is 0.586. The number of hydrogen-bond acceptors (Lipinski definition) is 9. The predicted octanol–water partition coefficient (Wildman–Crippen LogP) is 4.57. The maximum atomic E-state index is 12.6. The quantitative estimate of drug-likeness (QED) is 0.377. The van der Waals surface area contributed by atoms with Crippen LogP contribution in [0.1, 0.15) is 6.04 Å². The first-order valence-electron chi connectivity index (χ1n) is 11.8. The number of nitrogens with one attached hydrogen (secondary N) is 1. The number of amides is 1. The van der Waals surface area contributed by atoms with Crippen LogP contribution in [0.15, 0.2) is 95.0 Å². The zero-order valence-corrected chi connectivity index (χ0v) is 20.4. The molecule has 0 bridgehead atoms. The minimum absolute atomic E-state index is 0.222. The van der Waals surface area contributed by atoms with E-state index in [1.54, 1.807) is 28.9 Å². The maximum Gasteiger partial charge on any atom is 0.412 e. The van der Waals surface area contributed by atoms with Gasteiger partial charge in [0.05, 0.1) is 13.2 Å². The van der Waals surface area contributed by atoms with E-state index in [4.69, 9.17) is 18.9 Å². The van der Waals surface area contributed by atoms with Gasteiger partial charge < -0.3 is 18.9 Å². The molecule has 188 valence electrons. The summed E-state index contributed by atoms with van der Waals surface area (Å²) in [6.45, 7) is 0.583. The van der Waals surface area contributed by atoms with Crippen molar-refractivity contribution in [3.63, 3.8) is 0 Å². The molecule has 0 saturated carbocycles. The average molecular weight is 518 g/mol. The summed E-state index contributed by atoms with van der Waals surface area (Å²) >= 11 is 1.47. The van der Waals surface area contributed by atoms with Crippen molar-refractivity contribution in [3.8, 4) is 11.5 Å². The number of fused-ring (bicyclic) bond motifs is 1. The Bertz CT molecular complexity index is 1340. The van der Waals surface area contributed by atoms with E-state index >= 15 is 0 Å². The van der Waals surface area contributed by atoms with Gasteiger partial charge in [0.15, 0.2) is 6.10 Å².